The lowest BCUT2D eigenvalue weighted by Crippen LogP contribution is -2.13. The Hall–Kier alpha value is -2.08. The van der Waals surface area contributed by atoms with Crippen molar-refractivity contribution in [3.8, 4) is 0 Å². The summed E-state index contributed by atoms with van der Waals surface area (Å²) in [6.07, 6.45) is 3.36. The molecule has 0 unspecified atom stereocenters. The van der Waals surface area contributed by atoms with E-state index in [1.807, 2.05) is 40.6 Å². The van der Waals surface area contributed by atoms with E-state index < -0.39 is 0 Å². The lowest BCUT2D eigenvalue weighted by atomic mass is 10.2. The van der Waals surface area contributed by atoms with E-state index in [0.717, 1.165) is 16.6 Å². The molecular weight excluding hydrogens is 320 g/mol. The minimum Gasteiger partial charge on any atom is -0.394 e. The number of aryl methyl sites for hydroxylation is 1. The number of fused-ring (bicyclic) bond motifs is 1. The molecule has 0 aliphatic rings. The number of anilines is 1. The van der Waals surface area contributed by atoms with Crippen molar-refractivity contribution in [2.45, 2.75) is 6.54 Å². The second-order valence-electron chi connectivity index (χ2n) is 4.65. The van der Waals surface area contributed by atoms with Crippen molar-refractivity contribution in [3.05, 3.63) is 57.0 Å². The summed E-state index contributed by atoms with van der Waals surface area (Å²) in [5.74, 6) is 0. The van der Waals surface area contributed by atoms with Gasteiger partial charge in [0.05, 0.1) is 27.9 Å². The Labute approximate surface area is 123 Å². The molecule has 0 bridgehead atoms. The summed E-state index contributed by atoms with van der Waals surface area (Å²) >= 11 is 3.23. The first-order chi connectivity index (χ1) is 9.56. The second-order valence-corrected chi connectivity index (χ2v) is 5.50. The maximum Gasteiger partial charge on any atom is 0.218 e. The van der Waals surface area contributed by atoms with E-state index >= 15 is 0 Å². The molecule has 0 amide bonds. The van der Waals surface area contributed by atoms with Crippen LogP contribution in [0.4, 0.5) is 5.69 Å². The van der Waals surface area contributed by atoms with Crippen molar-refractivity contribution in [2.75, 3.05) is 5.73 Å². The molecule has 0 fully saturated rings. The predicted octanol–water partition coefficient (Wildman–Crippen LogP) is 2.13. The predicted molar refractivity (Wildman–Crippen MR) is 82.6 cm³/mol. The third-order valence-electron chi connectivity index (χ3n) is 3.23. The summed E-state index contributed by atoms with van der Waals surface area (Å²) in [6.45, 7) is 0.560. The van der Waals surface area contributed by atoms with E-state index in [1.54, 1.807) is 12.4 Å². The Morgan fingerprint density at radius 2 is 2.05 bits per heavy atom. The fourth-order valence-electron chi connectivity index (χ4n) is 2.29. The molecule has 0 saturated carbocycles. The molecule has 3 rings (SSSR count). The van der Waals surface area contributed by atoms with Gasteiger partial charge in [-0.15, -0.1) is 0 Å². The molecule has 0 spiro atoms. The first kappa shape index (κ1) is 12.9. The van der Waals surface area contributed by atoms with Crippen LogP contribution in [0.3, 0.4) is 0 Å². The Balaban J connectivity index is 2.08. The molecule has 0 aliphatic heterocycles. The highest BCUT2D eigenvalue weighted by Crippen LogP contribution is 2.19. The summed E-state index contributed by atoms with van der Waals surface area (Å²) in [5, 5.41) is 5.63. The number of rotatable bonds is 2. The number of pyridine rings is 1. The zero-order valence-corrected chi connectivity index (χ0v) is 12.5. The molecule has 3 aromatic rings. The maximum atomic E-state index is 11.6. The number of aromatic nitrogens is 3. The number of nitrogens with zero attached hydrogens (tertiary/aromatic N) is 3. The van der Waals surface area contributed by atoms with Crippen molar-refractivity contribution in [2.24, 2.45) is 7.05 Å². The van der Waals surface area contributed by atoms with E-state index in [4.69, 9.17) is 5.73 Å². The quantitative estimate of drug-likeness (QED) is 0.781. The Morgan fingerprint density at radius 3 is 2.80 bits per heavy atom. The van der Waals surface area contributed by atoms with Gasteiger partial charge in [0.1, 0.15) is 0 Å². The lowest BCUT2D eigenvalue weighted by molar-refractivity contribution is 0.715. The van der Waals surface area contributed by atoms with Gasteiger partial charge in [-0.1, -0.05) is 18.2 Å². The lowest BCUT2D eigenvalue weighted by Gasteiger charge is -2.06. The van der Waals surface area contributed by atoms with Crippen molar-refractivity contribution in [1.29, 1.82) is 0 Å². The van der Waals surface area contributed by atoms with Crippen LogP contribution in [0.25, 0.3) is 10.9 Å². The molecule has 2 aromatic heterocycles. The maximum absolute atomic E-state index is 11.6. The summed E-state index contributed by atoms with van der Waals surface area (Å²) < 4.78 is 4.17. The largest absolute Gasteiger partial charge is 0.394 e. The van der Waals surface area contributed by atoms with E-state index in [1.165, 1.54) is 0 Å². The standard InChI is InChI=1S/C14H13BrN4O/c1-18-13-5-3-2-4-9(13)12(17-18)8-19-6-10(15)14(20)11(16)7-19/h2-7H,8,16H2,1H3. The van der Waals surface area contributed by atoms with Crippen LogP contribution in [0.15, 0.2) is 45.9 Å². The van der Waals surface area contributed by atoms with Crippen molar-refractivity contribution < 1.29 is 0 Å². The van der Waals surface area contributed by atoms with E-state index in [9.17, 15) is 4.79 Å². The summed E-state index contributed by atoms with van der Waals surface area (Å²) in [6, 6.07) is 8.05. The normalized spacial score (nSPS) is 11.1. The van der Waals surface area contributed by atoms with Gasteiger partial charge in [-0.25, -0.2) is 0 Å². The average Bonchev–Trinajstić information content (AvgIpc) is 2.73. The highest BCUT2D eigenvalue weighted by Gasteiger charge is 2.09. The Bertz CT molecular complexity index is 824. The van der Waals surface area contributed by atoms with Crippen molar-refractivity contribution in [1.82, 2.24) is 14.3 Å². The van der Waals surface area contributed by atoms with Crippen LogP contribution < -0.4 is 11.2 Å². The highest BCUT2D eigenvalue weighted by molar-refractivity contribution is 9.10. The third kappa shape index (κ3) is 2.12. The third-order valence-corrected chi connectivity index (χ3v) is 3.79. The van der Waals surface area contributed by atoms with Gasteiger partial charge in [0, 0.05) is 24.8 Å². The van der Waals surface area contributed by atoms with Gasteiger partial charge in [0.15, 0.2) is 0 Å². The molecule has 5 nitrogen and oxygen atoms in total. The van der Waals surface area contributed by atoms with Crippen LogP contribution >= 0.6 is 15.9 Å². The number of nitrogen functional groups attached to an aromatic ring is 1. The van der Waals surface area contributed by atoms with Crippen LogP contribution in [0.1, 0.15) is 5.69 Å². The van der Waals surface area contributed by atoms with Crippen LogP contribution in [0.2, 0.25) is 0 Å². The molecule has 0 atom stereocenters. The average molecular weight is 333 g/mol. The molecule has 2 N–H and O–H groups in total. The van der Waals surface area contributed by atoms with Gasteiger partial charge in [-0.2, -0.15) is 5.10 Å². The number of halogens is 1. The molecule has 102 valence electrons. The number of hydrogen-bond donors (Lipinski definition) is 1. The van der Waals surface area contributed by atoms with E-state index in [-0.39, 0.29) is 11.1 Å². The van der Waals surface area contributed by atoms with Gasteiger partial charge >= 0.3 is 0 Å². The summed E-state index contributed by atoms with van der Waals surface area (Å²) in [7, 11) is 1.92. The fourth-order valence-corrected chi connectivity index (χ4v) is 2.78. The Morgan fingerprint density at radius 1 is 1.30 bits per heavy atom. The van der Waals surface area contributed by atoms with E-state index in [2.05, 4.69) is 21.0 Å². The zero-order valence-electron chi connectivity index (χ0n) is 10.9. The van der Waals surface area contributed by atoms with Crippen molar-refractivity contribution >= 4 is 32.5 Å². The van der Waals surface area contributed by atoms with Gasteiger partial charge in [0.25, 0.3) is 0 Å². The molecule has 1 aromatic carbocycles. The monoisotopic (exact) mass is 332 g/mol. The van der Waals surface area contributed by atoms with E-state index in [0.29, 0.717) is 11.0 Å². The molecule has 20 heavy (non-hydrogen) atoms. The number of benzene rings is 1. The number of nitrogens with two attached hydrogens (primary N) is 1. The van der Waals surface area contributed by atoms with Crippen LogP contribution in [-0.4, -0.2) is 14.3 Å². The fraction of sp³-hybridized carbons (Fsp3) is 0.143. The molecule has 0 aliphatic carbocycles. The van der Waals surface area contributed by atoms with Crippen molar-refractivity contribution in [3.63, 3.8) is 0 Å². The minimum atomic E-state index is -0.188. The zero-order chi connectivity index (χ0) is 14.3. The number of hydrogen-bond acceptors (Lipinski definition) is 3. The molecule has 0 radical (unpaired) electrons. The van der Waals surface area contributed by atoms with Crippen LogP contribution in [-0.2, 0) is 13.6 Å². The van der Waals surface area contributed by atoms with Crippen LogP contribution in [0, 0.1) is 0 Å². The highest BCUT2D eigenvalue weighted by atomic mass is 79.9. The smallest absolute Gasteiger partial charge is 0.218 e. The van der Waals surface area contributed by atoms with Gasteiger partial charge < -0.3 is 10.3 Å². The van der Waals surface area contributed by atoms with Gasteiger partial charge in [0.2, 0.25) is 5.43 Å². The molecular formula is C14H13BrN4O. The first-order valence-electron chi connectivity index (χ1n) is 6.12. The summed E-state index contributed by atoms with van der Waals surface area (Å²) in [5.41, 5.74) is 7.76. The topological polar surface area (TPSA) is 65.8 Å². The molecule has 2 heterocycles. The Kier molecular flexibility index (Phi) is 3.10. The minimum absolute atomic E-state index is 0.188. The molecule has 6 heteroatoms. The van der Waals surface area contributed by atoms with Gasteiger partial charge in [-0.05, 0) is 22.0 Å². The first-order valence-corrected chi connectivity index (χ1v) is 6.91. The van der Waals surface area contributed by atoms with Crippen LogP contribution in [0.5, 0.6) is 0 Å². The SMILES string of the molecule is Cn1nc(Cn2cc(N)c(=O)c(Br)c2)c2ccccc21. The van der Waals surface area contributed by atoms with Gasteiger partial charge in [-0.3, -0.25) is 9.48 Å². The second kappa shape index (κ2) is 4.79. The molecule has 0 saturated heterocycles. The summed E-state index contributed by atoms with van der Waals surface area (Å²) in [4.78, 5) is 11.6. The number of para-hydroxylation sites is 1.